The first-order chi connectivity index (χ1) is 10.2. The van der Waals surface area contributed by atoms with E-state index in [1.165, 1.54) is 0 Å². The molecule has 1 heterocycles. The van der Waals surface area contributed by atoms with Crippen LogP contribution in [0, 0.1) is 5.92 Å². The number of carbonyl (C=O) groups is 1. The molecule has 0 aromatic heterocycles. The van der Waals surface area contributed by atoms with E-state index < -0.39 is 0 Å². The molecule has 1 aromatic carbocycles. The minimum atomic E-state index is -0.0898. The zero-order chi connectivity index (χ0) is 15.4. The van der Waals surface area contributed by atoms with Crippen LogP contribution in [0.5, 0.6) is 17.2 Å². The van der Waals surface area contributed by atoms with Gasteiger partial charge in [-0.1, -0.05) is 0 Å². The van der Waals surface area contributed by atoms with Gasteiger partial charge in [0.2, 0.25) is 11.7 Å². The maximum Gasteiger partial charge on any atom is 0.227 e. The molecule has 21 heavy (non-hydrogen) atoms. The summed E-state index contributed by atoms with van der Waals surface area (Å²) in [6, 6.07) is 1.77. The minimum Gasteiger partial charge on any atom is -0.493 e. The zero-order valence-electron chi connectivity index (χ0n) is 12.7. The van der Waals surface area contributed by atoms with Crippen molar-refractivity contribution in [2.24, 2.45) is 11.7 Å². The number of benzene rings is 1. The molecule has 2 rings (SSSR count). The van der Waals surface area contributed by atoms with Gasteiger partial charge in [0.05, 0.1) is 27.0 Å². The molecule has 1 amide bonds. The fourth-order valence-electron chi connectivity index (χ4n) is 2.70. The van der Waals surface area contributed by atoms with Crippen LogP contribution in [-0.2, 0) is 11.2 Å². The Morgan fingerprint density at radius 3 is 2.52 bits per heavy atom. The molecule has 3 N–H and O–H groups in total. The molecule has 1 aliphatic heterocycles. The van der Waals surface area contributed by atoms with E-state index in [1.807, 2.05) is 0 Å². The van der Waals surface area contributed by atoms with Crippen molar-refractivity contribution >= 4 is 11.6 Å². The van der Waals surface area contributed by atoms with Gasteiger partial charge in [-0.25, -0.2) is 0 Å². The lowest BCUT2D eigenvalue weighted by atomic mass is 9.88. The van der Waals surface area contributed by atoms with E-state index >= 15 is 0 Å². The van der Waals surface area contributed by atoms with E-state index in [0.29, 0.717) is 30.2 Å². The first kappa shape index (κ1) is 15.4. The maximum absolute atomic E-state index is 12.2. The quantitative estimate of drug-likeness (QED) is 0.832. The highest BCUT2D eigenvalue weighted by molar-refractivity contribution is 5.97. The number of anilines is 1. The lowest BCUT2D eigenvalue weighted by molar-refractivity contribution is -0.120. The molecule has 6 heteroatoms. The maximum atomic E-state index is 12.2. The molecule has 1 unspecified atom stereocenters. The molecular weight excluding hydrogens is 272 g/mol. The van der Waals surface area contributed by atoms with Crippen LogP contribution >= 0.6 is 0 Å². The highest BCUT2D eigenvalue weighted by Crippen LogP contribution is 2.46. The van der Waals surface area contributed by atoms with Gasteiger partial charge in [0.25, 0.3) is 0 Å². The second kappa shape index (κ2) is 6.67. The molecule has 0 saturated carbocycles. The highest BCUT2D eigenvalue weighted by atomic mass is 16.5. The lowest BCUT2D eigenvalue weighted by Crippen LogP contribution is -2.30. The summed E-state index contributed by atoms with van der Waals surface area (Å²) in [6.45, 7) is 0.583. The monoisotopic (exact) mass is 294 g/mol. The number of nitrogens with one attached hydrogen (secondary N) is 1. The van der Waals surface area contributed by atoms with Gasteiger partial charge in [0, 0.05) is 17.5 Å². The smallest absolute Gasteiger partial charge is 0.227 e. The average molecular weight is 294 g/mol. The number of hydrogen-bond donors (Lipinski definition) is 2. The summed E-state index contributed by atoms with van der Waals surface area (Å²) >= 11 is 0. The van der Waals surface area contributed by atoms with Crippen molar-refractivity contribution < 1.29 is 19.0 Å². The Kier molecular flexibility index (Phi) is 4.90. The van der Waals surface area contributed by atoms with Crippen LogP contribution in [0.2, 0.25) is 0 Å². The van der Waals surface area contributed by atoms with Crippen molar-refractivity contribution in [3.05, 3.63) is 11.6 Å². The first-order valence-electron chi connectivity index (χ1n) is 6.99. The fourth-order valence-corrected chi connectivity index (χ4v) is 2.70. The second-order valence-corrected chi connectivity index (χ2v) is 4.99. The Balaban J connectivity index is 2.43. The molecule has 0 radical (unpaired) electrons. The minimum absolute atomic E-state index is 0.0187. The summed E-state index contributed by atoms with van der Waals surface area (Å²) in [5, 5.41) is 2.92. The van der Waals surface area contributed by atoms with Crippen molar-refractivity contribution in [3.8, 4) is 17.2 Å². The summed E-state index contributed by atoms with van der Waals surface area (Å²) in [4.78, 5) is 12.2. The number of fused-ring (bicyclic) bond motifs is 1. The number of carbonyl (C=O) groups excluding carboxylic acids is 1. The summed E-state index contributed by atoms with van der Waals surface area (Å²) in [5.41, 5.74) is 7.19. The highest BCUT2D eigenvalue weighted by Gasteiger charge is 2.31. The first-order valence-corrected chi connectivity index (χ1v) is 6.99. The summed E-state index contributed by atoms with van der Waals surface area (Å²) in [7, 11) is 4.71. The Morgan fingerprint density at radius 2 is 1.95 bits per heavy atom. The predicted molar refractivity (Wildman–Crippen MR) is 80.2 cm³/mol. The number of methoxy groups -OCH3 is 3. The van der Waals surface area contributed by atoms with Crippen LogP contribution < -0.4 is 25.3 Å². The van der Waals surface area contributed by atoms with Gasteiger partial charge in [-0.3, -0.25) is 4.79 Å². The Morgan fingerprint density at radius 1 is 1.24 bits per heavy atom. The molecule has 116 valence electrons. The van der Waals surface area contributed by atoms with Gasteiger partial charge in [0.1, 0.15) is 0 Å². The molecule has 0 fully saturated rings. The molecule has 0 spiro atoms. The van der Waals surface area contributed by atoms with Crippen molar-refractivity contribution in [3.63, 3.8) is 0 Å². The lowest BCUT2D eigenvalue weighted by Gasteiger charge is -2.27. The van der Waals surface area contributed by atoms with E-state index in [2.05, 4.69) is 5.32 Å². The zero-order valence-corrected chi connectivity index (χ0v) is 12.7. The van der Waals surface area contributed by atoms with Gasteiger partial charge in [-0.05, 0) is 25.8 Å². The van der Waals surface area contributed by atoms with Crippen LogP contribution in [0.3, 0.4) is 0 Å². The number of amides is 1. The molecular formula is C15H22N2O4. The fraction of sp³-hybridized carbons (Fsp3) is 0.533. The van der Waals surface area contributed by atoms with Crippen molar-refractivity contribution in [1.29, 1.82) is 0 Å². The largest absolute Gasteiger partial charge is 0.493 e. The summed E-state index contributed by atoms with van der Waals surface area (Å²) < 4.78 is 16.2. The van der Waals surface area contributed by atoms with Gasteiger partial charge >= 0.3 is 0 Å². The second-order valence-electron chi connectivity index (χ2n) is 4.99. The van der Waals surface area contributed by atoms with Crippen molar-refractivity contribution in [1.82, 2.24) is 0 Å². The van der Waals surface area contributed by atoms with Gasteiger partial charge in [0.15, 0.2) is 11.5 Å². The third kappa shape index (κ3) is 2.90. The van der Waals surface area contributed by atoms with Gasteiger partial charge in [-0.15, -0.1) is 0 Å². The molecule has 1 aromatic rings. The Hall–Kier alpha value is -1.95. The molecule has 1 aliphatic rings. The topological polar surface area (TPSA) is 82.8 Å². The van der Waals surface area contributed by atoms with Crippen LogP contribution in [0.15, 0.2) is 6.07 Å². The van der Waals surface area contributed by atoms with Crippen LogP contribution in [-0.4, -0.2) is 33.8 Å². The number of hydrogen-bond acceptors (Lipinski definition) is 5. The van der Waals surface area contributed by atoms with Crippen LogP contribution in [0.4, 0.5) is 5.69 Å². The molecule has 0 bridgehead atoms. The predicted octanol–water partition coefficient (Wildman–Crippen LogP) is 1.56. The number of rotatable bonds is 6. The Bertz CT molecular complexity index is 531. The van der Waals surface area contributed by atoms with E-state index in [-0.39, 0.29) is 11.8 Å². The summed E-state index contributed by atoms with van der Waals surface area (Å²) in [5.74, 6) is 1.63. The molecule has 6 nitrogen and oxygen atoms in total. The summed E-state index contributed by atoms with van der Waals surface area (Å²) in [6.07, 6.45) is 2.20. The Labute approximate surface area is 124 Å². The normalized spacial score (nSPS) is 17.0. The number of ether oxygens (including phenoxy) is 3. The van der Waals surface area contributed by atoms with Crippen LogP contribution in [0.25, 0.3) is 0 Å². The van der Waals surface area contributed by atoms with E-state index in [0.717, 1.165) is 24.1 Å². The van der Waals surface area contributed by atoms with Crippen molar-refractivity contribution in [2.45, 2.75) is 19.3 Å². The van der Waals surface area contributed by atoms with E-state index in [1.54, 1.807) is 27.4 Å². The standard InChI is InChI=1S/C15H22N2O4/c1-19-12-8-11-10(13(20-2)14(12)21-3)7-9(5-4-6-16)15(18)17-11/h8-9H,4-7,16H2,1-3H3,(H,17,18). The molecule has 0 aliphatic carbocycles. The van der Waals surface area contributed by atoms with Gasteiger partial charge in [-0.2, -0.15) is 0 Å². The number of nitrogens with two attached hydrogens (primary N) is 1. The van der Waals surface area contributed by atoms with E-state index in [9.17, 15) is 4.79 Å². The third-order valence-corrected chi connectivity index (χ3v) is 3.77. The van der Waals surface area contributed by atoms with Crippen LogP contribution in [0.1, 0.15) is 18.4 Å². The average Bonchev–Trinajstić information content (AvgIpc) is 2.50. The van der Waals surface area contributed by atoms with Gasteiger partial charge < -0.3 is 25.3 Å². The third-order valence-electron chi connectivity index (χ3n) is 3.77. The molecule has 1 atom stereocenters. The van der Waals surface area contributed by atoms with E-state index in [4.69, 9.17) is 19.9 Å². The molecule has 0 saturated heterocycles. The van der Waals surface area contributed by atoms with Crippen molar-refractivity contribution in [2.75, 3.05) is 33.2 Å². The SMILES string of the molecule is COc1cc2c(c(OC)c1OC)CC(CCCN)C(=O)N2.